The number of aliphatic hydroxyl groups is 1. The summed E-state index contributed by atoms with van der Waals surface area (Å²) in [5, 5.41) is 22.9. The number of nitro groups is 1. The lowest BCUT2D eigenvalue weighted by Crippen LogP contribution is -2.35. The topological polar surface area (TPSA) is 75.4 Å². The lowest BCUT2D eigenvalue weighted by molar-refractivity contribution is -0.384. The molecule has 0 aliphatic heterocycles. The van der Waals surface area contributed by atoms with Gasteiger partial charge in [-0.2, -0.15) is 0 Å². The molecule has 0 aliphatic rings. The highest BCUT2D eigenvalue weighted by atomic mass is 35.5. The molecule has 0 bridgehead atoms. The second-order valence-electron chi connectivity index (χ2n) is 5.62. The third kappa shape index (κ3) is 4.05. The first-order chi connectivity index (χ1) is 9.16. The number of benzene rings is 1. The summed E-state index contributed by atoms with van der Waals surface area (Å²) in [6, 6.07) is 1.78. The molecule has 1 aromatic carbocycles. The molecule has 0 radical (unpaired) electrons. The van der Waals surface area contributed by atoms with Gasteiger partial charge in [-0.1, -0.05) is 32.4 Å². The first kappa shape index (κ1) is 16.7. The molecular formula is C13H18ClFN2O3. The van der Waals surface area contributed by atoms with Crippen LogP contribution in [0.4, 0.5) is 15.8 Å². The highest BCUT2D eigenvalue weighted by Crippen LogP contribution is 2.33. The van der Waals surface area contributed by atoms with Crippen LogP contribution in [0.5, 0.6) is 0 Å². The van der Waals surface area contributed by atoms with E-state index in [2.05, 4.69) is 5.32 Å². The molecule has 1 aromatic rings. The summed E-state index contributed by atoms with van der Waals surface area (Å²) >= 11 is 5.68. The minimum atomic E-state index is -0.835. The third-order valence-electron chi connectivity index (χ3n) is 3.03. The Bertz CT molecular complexity index is 503. The minimum absolute atomic E-state index is 0.0579. The fraction of sp³-hybridized carbons (Fsp3) is 0.538. The molecule has 0 aliphatic carbocycles. The van der Waals surface area contributed by atoms with Gasteiger partial charge < -0.3 is 10.4 Å². The third-order valence-corrected chi connectivity index (χ3v) is 3.32. The Morgan fingerprint density at radius 3 is 2.55 bits per heavy atom. The highest BCUT2D eigenvalue weighted by molar-refractivity contribution is 6.31. The fourth-order valence-corrected chi connectivity index (χ4v) is 2.01. The van der Waals surface area contributed by atoms with Gasteiger partial charge in [0.05, 0.1) is 16.0 Å². The summed E-state index contributed by atoms with van der Waals surface area (Å²) in [7, 11) is 0. The summed E-state index contributed by atoms with van der Waals surface area (Å²) in [5.41, 5.74) is -0.467. The molecule has 1 unspecified atom stereocenters. The number of rotatable bonds is 5. The van der Waals surface area contributed by atoms with E-state index in [0.717, 1.165) is 6.07 Å². The molecule has 0 aromatic heterocycles. The van der Waals surface area contributed by atoms with Gasteiger partial charge >= 0.3 is 0 Å². The number of nitrogens with zero attached hydrogens (tertiary/aromatic N) is 1. The van der Waals surface area contributed by atoms with Crippen molar-refractivity contribution in [2.75, 3.05) is 11.9 Å². The Balaban J connectivity index is 3.18. The van der Waals surface area contributed by atoms with Crippen LogP contribution in [0.3, 0.4) is 0 Å². The van der Waals surface area contributed by atoms with Crippen LogP contribution < -0.4 is 5.32 Å². The summed E-state index contributed by atoms with van der Waals surface area (Å²) in [5.74, 6) is -0.835. The van der Waals surface area contributed by atoms with Gasteiger partial charge in [0.2, 0.25) is 0 Å². The van der Waals surface area contributed by atoms with Crippen molar-refractivity contribution >= 4 is 23.0 Å². The van der Waals surface area contributed by atoms with Crippen LogP contribution in [0.15, 0.2) is 12.1 Å². The second kappa shape index (κ2) is 6.37. The van der Waals surface area contributed by atoms with Crippen LogP contribution in [0, 0.1) is 21.3 Å². The van der Waals surface area contributed by atoms with Gasteiger partial charge in [0.15, 0.2) is 0 Å². The van der Waals surface area contributed by atoms with Gasteiger partial charge in [-0.25, -0.2) is 4.39 Å². The normalized spacial score (nSPS) is 13.1. The zero-order valence-electron chi connectivity index (χ0n) is 11.6. The molecule has 0 saturated heterocycles. The van der Waals surface area contributed by atoms with Crippen LogP contribution in [-0.4, -0.2) is 22.7 Å². The summed E-state index contributed by atoms with van der Waals surface area (Å²) in [6.07, 6.45) is 0.412. The zero-order valence-corrected chi connectivity index (χ0v) is 12.4. The molecule has 7 heteroatoms. The smallest absolute Gasteiger partial charge is 0.295 e. The number of hydrogen-bond donors (Lipinski definition) is 2. The maximum Gasteiger partial charge on any atom is 0.295 e. The van der Waals surface area contributed by atoms with Gasteiger partial charge in [-0.05, 0) is 17.9 Å². The Morgan fingerprint density at radius 2 is 2.10 bits per heavy atom. The van der Waals surface area contributed by atoms with Crippen molar-refractivity contribution in [2.24, 2.45) is 5.41 Å². The van der Waals surface area contributed by atoms with Crippen LogP contribution in [0.2, 0.25) is 5.02 Å². The van der Waals surface area contributed by atoms with E-state index in [1.165, 1.54) is 6.07 Å². The Labute approximate surface area is 121 Å². The molecular weight excluding hydrogens is 287 g/mol. The van der Waals surface area contributed by atoms with E-state index in [4.69, 9.17) is 16.7 Å². The molecule has 0 spiro atoms. The second-order valence-corrected chi connectivity index (χ2v) is 6.02. The fourth-order valence-electron chi connectivity index (χ4n) is 1.84. The summed E-state index contributed by atoms with van der Waals surface area (Å²) in [6.45, 7) is 5.77. The van der Waals surface area contributed by atoms with E-state index >= 15 is 0 Å². The molecule has 1 atom stereocenters. The predicted octanol–water partition coefficient (Wildman–Crippen LogP) is 3.60. The minimum Gasteiger partial charge on any atom is -0.396 e. The quantitative estimate of drug-likeness (QED) is 0.644. The summed E-state index contributed by atoms with van der Waals surface area (Å²) < 4.78 is 13.3. The van der Waals surface area contributed by atoms with Crippen molar-refractivity contribution in [3.8, 4) is 0 Å². The van der Waals surface area contributed by atoms with E-state index in [1.807, 2.05) is 20.8 Å². The molecule has 2 N–H and O–H groups in total. The molecule has 0 fully saturated rings. The van der Waals surface area contributed by atoms with E-state index in [9.17, 15) is 14.5 Å². The highest BCUT2D eigenvalue weighted by Gasteiger charge is 2.27. The van der Waals surface area contributed by atoms with Crippen molar-refractivity contribution in [3.05, 3.63) is 33.1 Å². The Kier molecular flexibility index (Phi) is 5.30. The monoisotopic (exact) mass is 304 g/mol. The maximum atomic E-state index is 13.3. The standard InChI is InChI=1S/C13H18ClFN2O3/c1-13(2,3)12(4-5-18)16-10-6-8(14)9(15)7-11(10)17(19)20/h6-7,12,16,18H,4-5H2,1-3H3. The molecule has 0 amide bonds. The Hall–Kier alpha value is -1.40. The van der Waals surface area contributed by atoms with Crippen LogP contribution in [0.1, 0.15) is 27.2 Å². The molecule has 1 rings (SSSR count). The maximum absolute atomic E-state index is 13.3. The van der Waals surface area contributed by atoms with Crippen LogP contribution in [-0.2, 0) is 0 Å². The van der Waals surface area contributed by atoms with Gasteiger partial charge in [0.1, 0.15) is 11.5 Å². The largest absolute Gasteiger partial charge is 0.396 e. The zero-order chi connectivity index (χ0) is 15.5. The lowest BCUT2D eigenvalue weighted by atomic mass is 9.84. The number of nitro benzene ring substituents is 1. The van der Waals surface area contributed by atoms with Gasteiger partial charge in [0.25, 0.3) is 5.69 Å². The molecule has 0 heterocycles. The molecule has 5 nitrogen and oxygen atoms in total. The van der Waals surface area contributed by atoms with Crippen molar-refractivity contribution < 1.29 is 14.4 Å². The first-order valence-electron chi connectivity index (χ1n) is 6.17. The number of aliphatic hydroxyl groups excluding tert-OH is 1. The number of hydrogen-bond acceptors (Lipinski definition) is 4. The van der Waals surface area contributed by atoms with E-state index in [-0.39, 0.29) is 34.5 Å². The average molecular weight is 305 g/mol. The lowest BCUT2D eigenvalue weighted by Gasteiger charge is -2.31. The van der Waals surface area contributed by atoms with Crippen LogP contribution >= 0.6 is 11.6 Å². The van der Waals surface area contributed by atoms with Crippen molar-refractivity contribution in [1.82, 2.24) is 0 Å². The molecule has 112 valence electrons. The number of anilines is 1. The van der Waals surface area contributed by atoms with Crippen molar-refractivity contribution in [1.29, 1.82) is 0 Å². The van der Waals surface area contributed by atoms with Crippen LogP contribution in [0.25, 0.3) is 0 Å². The first-order valence-corrected chi connectivity index (χ1v) is 6.55. The van der Waals surface area contributed by atoms with Crippen molar-refractivity contribution in [2.45, 2.75) is 33.2 Å². The average Bonchev–Trinajstić information content (AvgIpc) is 2.31. The van der Waals surface area contributed by atoms with E-state index < -0.39 is 10.7 Å². The summed E-state index contributed by atoms with van der Waals surface area (Å²) in [4.78, 5) is 10.3. The van der Waals surface area contributed by atoms with Gasteiger partial charge in [0, 0.05) is 12.6 Å². The van der Waals surface area contributed by atoms with Gasteiger partial charge in [-0.15, -0.1) is 0 Å². The van der Waals surface area contributed by atoms with Gasteiger partial charge in [-0.3, -0.25) is 10.1 Å². The van der Waals surface area contributed by atoms with Crippen molar-refractivity contribution in [3.63, 3.8) is 0 Å². The number of nitrogens with one attached hydrogen (secondary N) is 1. The van der Waals surface area contributed by atoms with E-state index in [0.29, 0.717) is 6.42 Å². The molecule has 20 heavy (non-hydrogen) atoms. The molecule has 0 saturated carbocycles. The SMILES string of the molecule is CC(C)(C)C(CCO)Nc1cc(Cl)c(F)cc1[N+](=O)[O-]. The number of halogens is 2. The predicted molar refractivity (Wildman–Crippen MR) is 76.6 cm³/mol. The Morgan fingerprint density at radius 1 is 1.50 bits per heavy atom. The van der Waals surface area contributed by atoms with E-state index in [1.54, 1.807) is 0 Å².